The summed E-state index contributed by atoms with van der Waals surface area (Å²) >= 11 is 0. The summed E-state index contributed by atoms with van der Waals surface area (Å²) in [5.74, 6) is -0.454. The lowest BCUT2D eigenvalue weighted by Crippen LogP contribution is -2.64. The predicted molar refractivity (Wildman–Crippen MR) is 157 cm³/mol. The number of aliphatic hydroxyl groups excluding tert-OH is 5. The fourth-order valence-electron chi connectivity index (χ4n) is 4.98. The van der Waals surface area contributed by atoms with Crippen LogP contribution < -0.4 is 9.47 Å². The Hall–Kier alpha value is -3.51. The zero-order valence-electron chi connectivity index (χ0n) is 25.4. The smallest absolute Gasteiger partial charge is 0.330 e. The van der Waals surface area contributed by atoms with Gasteiger partial charge in [-0.05, 0) is 54.8 Å². The van der Waals surface area contributed by atoms with Crippen LogP contribution in [0.3, 0.4) is 0 Å². The van der Waals surface area contributed by atoms with E-state index in [0.717, 1.165) is 6.08 Å². The van der Waals surface area contributed by atoms with Gasteiger partial charge >= 0.3 is 5.97 Å². The highest BCUT2D eigenvalue weighted by molar-refractivity contribution is 5.87. The monoisotopic (exact) mass is 652 g/mol. The summed E-state index contributed by atoms with van der Waals surface area (Å²) in [4.78, 5) is 12.5. The topological polar surface area (TPSA) is 223 Å². The molecule has 0 amide bonds. The van der Waals surface area contributed by atoms with Crippen molar-refractivity contribution in [3.05, 3.63) is 53.6 Å². The number of aromatic hydroxyl groups is 2. The molecular formula is C31H40O15. The number of esters is 1. The van der Waals surface area contributed by atoms with Crippen LogP contribution in [0.2, 0.25) is 0 Å². The molecule has 2 saturated heterocycles. The van der Waals surface area contributed by atoms with Gasteiger partial charge in [-0.25, -0.2) is 4.79 Å². The van der Waals surface area contributed by atoms with E-state index in [1.165, 1.54) is 45.4 Å². The number of rotatable bonds is 12. The molecule has 0 saturated carbocycles. The summed E-state index contributed by atoms with van der Waals surface area (Å²) in [5.41, 5.74) is 1.21. The van der Waals surface area contributed by atoms with E-state index in [9.17, 15) is 40.5 Å². The Balaban J connectivity index is 1.44. The second-order valence-corrected chi connectivity index (χ2v) is 10.8. The highest BCUT2D eigenvalue weighted by atomic mass is 16.7. The maximum absolute atomic E-state index is 12.5. The van der Waals surface area contributed by atoms with E-state index in [0.29, 0.717) is 16.9 Å². The van der Waals surface area contributed by atoms with Crippen molar-refractivity contribution in [3.63, 3.8) is 0 Å². The summed E-state index contributed by atoms with van der Waals surface area (Å²) in [6, 6.07) is 9.23. The van der Waals surface area contributed by atoms with Gasteiger partial charge in [0.2, 0.25) is 0 Å². The lowest BCUT2D eigenvalue weighted by molar-refractivity contribution is -0.357. The molecule has 2 heterocycles. The van der Waals surface area contributed by atoms with E-state index in [-0.39, 0.29) is 30.3 Å². The molecule has 0 radical (unpaired) electrons. The van der Waals surface area contributed by atoms with Crippen LogP contribution in [0.5, 0.6) is 23.0 Å². The van der Waals surface area contributed by atoms with Crippen molar-refractivity contribution in [2.45, 2.75) is 74.8 Å². The average molecular weight is 653 g/mol. The Labute approximate surface area is 264 Å². The van der Waals surface area contributed by atoms with Crippen LogP contribution in [0.4, 0.5) is 0 Å². The minimum absolute atomic E-state index is 0.0217. The zero-order valence-corrected chi connectivity index (χ0v) is 25.4. The third-order valence-corrected chi connectivity index (χ3v) is 7.66. The molecule has 0 aliphatic carbocycles. The van der Waals surface area contributed by atoms with E-state index < -0.39 is 74.0 Å². The van der Waals surface area contributed by atoms with Crippen molar-refractivity contribution in [1.82, 2.24) is 0 Å². The molecule has 2 aliphatic rings. The molecule has 254 valence electrons. The molecule has 10 atom stereocenters. The van der Waals surface area contributed by atoms with Crippen LogP contribution in [0, 0.1) is 0 Å². The molecular weight excluding hydrogens is 612 g/mol. The fourth-order valence-corrected chi connectivity index (χ4v) is 4.98. The van der Waals surface area contributed by atoms with Crippen LogP contribution in [-0.4, -0.2) is 131 Å². The SMILES string of the molecule is COc1ccc(CCO[C@@H]2O[C@H](COC(=O)/C=C/c3ccc(O)c(OC)c3)[C@@H](O)[C@H](O[C@@H]3O[C@H](C)[C@H](O)[C@@H](O)[C@H]3O)[C@H]2O)cc1O. The van der Waals surface area contributed by atoms with Crippen molar-refractivity contribution in [1.29, 1.82) is 0 Å². The molecule has 15 nitrogen and oxygen atoms in total. The van der Waals surface area contributed by atoms with Crippen LogP contribution in [0.1, 0.15) is 18.1 Å². The van der Waals surface area contributed by atoms with E-state index in [1.807, 2.05) is 0 Å². The Morgan fingerprint density at radius 3 is 2.26 bits per heavy atom. The zero-order chi connectivity index (χ0) is 33.5. The summed E-state index contributed by atoms with van der Waals surface area (Å²) in [7, 11) is 2.80. The first kappa shape index (κ1) is 35.3. The number of aliphatic hydroxyl groups is 5. The maximum Gasteiger partial charge on any atom is 0.330 e. The number of hydrogen-bond acceptors (Lipinski definition) is 15. The number of carbonyl (C=O) groups is 1. The molecule has 2 aromatic rings. The molecule has 0 unspecified atom stereocenters. The van der Waals surface area contributed by atoms with Gasteiger partial charge in [-0.15, -0.1) is 0 Å². The summed E-state index contributed by atoms with van der Waals surface area (Å²) < 4.78 is 38.1. The molecule has 0 bridgehead atoms. The lowest BCUT2D eigenvalue weighted by Gasteiger charge is -2.45. The van der Waals surface area contributed by atoms with Gasteiger partial charge in [0, 0.05) is 6.08 Å². The lowest BCUT2D eigenvalue weighted by atomic mass is 9.97. The Morgan fingerprint density at radius 1 is 0.826 bits per heavy atom. The van der Waals surface area contributed by atoms with Crippen molar-refractivity contribution in [2.24, 2.45) is 0 Å². The van der Waals surface area contributed by atoms with Crippen LogP contribution in [0.15, 0.2) is 42.5 Å². The Bertz CT molecular complexity index is 1340. The summed E-state index contributed by atoms with van der Waals surface area (Å²) in [6.45, 7) is 0.917. The molecule has 4 rings (SSSR count). The van der Waals surface area contributed by atoms with E-state index in [1.54, 1.807) is 18.2 Å². The molecule has 46 heavy (non-hydrogen) atoms. The third kappa shape index (κ3) is 8.44. The van der Waals surface area contributed by atoms with Gasteiger partial charge in [0.1, 0.15) is 49.3 Å². The second kappa shape index (κ2) is 15.9. The number of phenols is 2. The van der Waals surface area contributed by atoms with Gasteiger partial charge in [0.25, 0.3) is 0 Å². The minimum atomic E-state index is -1.73. The highest BCUT2D eigenvalue weighted by Crippen LogP contribution is 2.31. The van der Waals surface area contributed by atoms with Crippen molar-refractivity contribution in [3.8, 4) is 23.0 Å². The van der Waals surface area contributed by atoms with Crippen molar-refractivity contribution >= 4 is 12.0 Å². The van der Waals surface area contributed by atoms with Crippen LogP contribution in [-0.2, 0) is 34.9 Å². The minimum Gasteiger partial charge on any atom is -0.504 e. The molecule has 15 heteroatoms. The molecule has 2 aliphatic heterocycles. The Morgan fingerprint density at radius 2 is 1.57 bits per heavy atom. The fraction of sp³-hybridized carbons (Fsp3) is 0.516. The van der Waals surface area contributed by atoms with Crippen molar-refractivity contribution < 1.29 is 73.7 Å². The number of phenolic OH excluding ortho intramolecular Hbond substituents is 2. The number of benzene rings is 2. The first-order valence-corrected chi connectivity index (χ1v) is 14.5. The van der Waals surface area contributed by atoms with E-state index in [2.05, 4.69) is 0 Å². The quantitative estimate of drug-likeness (QED) is 0.114. The van der Waals surface area contributed by atoms with Gasteiger partial charge in [0.15, 0.2) is 35.6 Å². The first-order valence-electron chi connectivity index (χ1n) is 14.5. The molecule has 0 spiro atoms. The summed E-state index contributed by atoms with van der Waals surface area (Å²) in [6.07, 6.45) is -12.0. The standard InChI is InChI=1S/C31H40O15/c1-15-24(35)26(37)27(38)31(44-15)46-29-25(36)22(14-43-23(34)9-6-16-4-7-18(32)21(13-16)41-3)45-30(28(29)39)42-11-10-17-5-8-20(40-2)19(33)12-17/h4-9,12-13,15,22,24-33,35-39H,10-11,14H2,1-3H3/b9-6+/t15-,22-,24+,25-,26-,27-,28-,29+,30-,31+/m1/s1. The molecule has 2 fully saturated rings. The van der Waals surface area contributed by atoms with Gasteiger partial charge in [-0.3, -0.25) is 0 Å². The van der Waals surface area contributed by atoms with Gasteiger partial charge in [0.05, 0.1) is 26.9 Å². The Kier molecular flexibility index (Phi) is 12.2. The van der Waals surface area contributed by atoms with Gasteiger partial charge in [-0.2, -0.15) is 0 Å². The normalized spacial score (nSPS) is 31.5. The van der Waals surface area contributed by atoms with Crippen LogP contribution in [0.25, 0.3) is 6.08 Å². The average Bonchev–Trinajstić information content (AvgIpc) is 3.04. The maximum atomic E-state index is 12.5. The predicted octanol–water partition coefficient (Wildman–Crippen LogP) is -0.410. The highest BCUT2D eigenvalue weighted by Gasteiger charge is 2.50. The largest absolute Gasteiger partial charge is 0.504 e. The van der Waals surface area contributed by atoms with Gasteiger partial charge < -0.3 is 68.9 Å². The number of carbonyl (C=O) groups excluding carboxylic acids is 1. The first-order chi connectivity index (χ1) is 21.9. The third-order valence-electron chi connectivity index (χ3n) is 7.66. The second-order valence-electron chi connectivity index (χ2n) is 10.8. The number of ether oxygens (including phenoxy) is 7. The number of hydrogen-bond donors (Lipinski definition) is 7. The number of methoxy groups -OCH3 is 2. The molecule has 7 N–H and O–H groups in total. The summed E-state index contributed by atoms with van der Waals surface area (Å²) in [5, 5.41) is 72.7. The van der Waals surface area contributed by atoms with E-state index >= 15 is 0 Å². The van der Waals surface area contributed by atoms with Gasteiger partial charge in [-0.1, -0.05) is 12.1 Å². The van der Waals surface area contributed by atoms with Crippen molar-refractivity contribution in [2.75, 3.05) is 27.4 Å². The molecule has 2 aromatic carbocycles. The van der Waals surface area contributed by atoms with E-state index in [4.69, 9.17) is 33.2 Å². The molecule has 0 aromatic heterocycles. The van der Waals surface area contributed by atoms with Crippen LogP contribution >= 0.6 is 0 Å².